The second-order valence-electron chi connectivity index (χ2n) is 6.69. The summed E-state index contributed by atoms with van der Waals surface area (Å²) in [5.41, 5.74) is 4.38. The van der Waals surface area contributed by atoms with Crippen molar-refractivity contribution in [2.75, 3.05) is 0 Å². The van der Waals surface area contributed by atoms with Crippen LogP contribution in [0, 0.1) is 0 Å². The predicted octanol–water partition coefficient (Wildman–Crippen LogP) is 3.94. The maximum Gasteiger partial charge on any atom is 0.329 e. The Labute approximate surface area is 160 Å². The van der Waals surface area contributed by atoms with E-state index in [1.807, 2.05) is 67.6 Å². The van der Waals surface area contributed by atoms with Crippen molar-refractivity contribution >= 4 is 22.2 Å². The highest BCUT2D eigenvalue weighted by Crippen LogP contribution is 2.27. The Bertz CT molecular complexity index is 1350. The lowest BCUT2D eigenvalue weighted by atomic mass is 10.1. The summed E-state index contributed by atoms with van der Waals surface area (Å²) in [6, 6.07) is 19.6. The van der Waals surface area contributed by atoms with E-state index in [-0.39, 0.29) is 11.7 Å². The van der Waals surface area contributed by atoms with Crippen LogP contribution >= 0.6 is 0 Å². The molecule has 1 unspecified atom stereocenters. The van der Waals surface area contributed by atoms with Gasteiger partial charge >= 0.3 is 5.69 Å². The molecule has 0 aliphatic carbocycles. The van der Waals surface area contributed by atoms with E-state index in [1.165, 1.54) is 0 Å². The third-order valence-corrected chi connectivity index (χ3v) is 5.02. The minimum Gasteiger partial charge on any atom is -0.289 e. The van der Waals surface area contributed by atoms with Crippen LogP contribution in [0.2, 0.25) is 0 Å². The molecule has 0 fully saturated rings. The summed E-state index contributed by atoms with van der Waals surface area (Å²) in [6.45, 7) is 1.99. The molecule has 1 N–H and O–H groups in total. The van der Waals surface area contributed by atoms with Crippen LogP contribution in [0.4, 0.5) is 0 Å². The molecule has 6 nitrogen and oxygen atoms in total. The molecule has 3 aromatic heterocycles. The quantitative estimate of drug-likeness (QED) is 0.524. The van der Waals surface area contributed by atoms with Crippen molar-refractivity contribution in [3.05, 3.63) is 89.1 Å². The third-order valence-electron chi connectivity index (χ3n) is 5.02. The lowest BCUT2D eigenvalue weighted by Gasteiger charge is -2.13. The van der Waals surface area contributed by atoms with Gasteiger partial charge in [-0.25, -0.2) is 14.8 Å². The van der Waals surface area contributed by atoms with Crippen LogP contribution in [0.15, 0.2) is 77.9 Å². The number of fused-ring (bicyclic) bond motifs is 2. The van der Waals surface area contributed by atoms with Gasteiger partial charge in [0.1, 0.15) is 0 Å². The van der Waals surface area contributed by atoms with E-state index in [1.54, 1.807) is 17.0 Å². The van der Waals surface area contributed by atoms with E-state index in [2.05, 4.69) is 15.0 Å². The SMILES string of the molecule is CC(c1ccccc1)n1c(=O)[nH]c2ncc(-c3cccc4ncccc34)nc21. The fraction of sp³-hybridized carbons (Fsp3) is 0.0909. The number of imidazole rings is 1. The van der Waals surface area contributed by atoms with Crippen LogP contribution in [0.5, 0.6) is 0 Å². The van der Waals surface area contributed by atoms with Crippen molar-refractivity contribution in [1.29, 1.82) is 0 Å². The average molecular weight is 367 g/mol. The second kappa shape index (κ2) is 6.42. The van der Waals surface area contributed by atoms with Gasteiger partial charge in [-0.05, 0) is 24.6 Å². The van der Waals surface area contributed by atoms with Crippen molar-refractivity contribution in [2.45, 2.75) is 13.0 Å². The Hall–Kier alpha value is -3.80. The van der Waals surface area contributed by atoms with Gasteiger partial charge in [-0.1, -0.05) is 48.5 Å². The molecule has 0 saturated heterocycles. The highest BCUT2D eigenvalue weighted by Gasteiger charge is 2.18. The molecule has 6 heteroatoms. The molecule has 5 rings (SSSR count). The number of hydrogen-bond acceptors (Lipinski definition) is 4. The Balaban J connectivity index is 1.72. The van der Waals surface area contributed by atoms with Crippen LogP contribution in [-0.2, 0) is 0 Å². The Morgan fingerprint density at radius 2 is 1.82 bits per heavy atom. The summed E-state index contributed by atoms with van der Waals surface area (Å²) in [5.74, 6) is 0. The number of hydrogen-bond donors (Lipinski definition) is 1. The van der Waals surface area contributed by atoms with Gasteiger partial charge in [-0.3, -0.25) is 14.5 Å². The van der Waals surface area contributed by atoms with Crippen LogP contribution in [-0.4, -0.2) is 24.5 Å². The molecule has 0 amide bonds. The highest BCUT2D eigenvalue weighted by molar-refractivity contribution is 5.93. The van der Waals surface area contributed by atoms with Gasteiger partial charge in [0.25, 0.3) is 0 Å². The summed E-state index contributed by atoms with van der Waals surface area (Å²) in [6.07, 6.45) is 3.46. The van der Waals surface area contributed by atoms with Gasteiger partial charge in [-0.2, -0.15) is 0 Å². The zero-order valence-corrected chi connectivity index (χ0v) is 15.2. The molecule has 3 heterocycles. The number of aromatic amines is 1. The smallest absolute Gasteiger partial charge is 0.289 e. The Kier molecular flexibility index (Phi) is 3.76. The zero-order chi connectivity index (χ0) is 19.1. The van der Waals surface area contributed by atoms with Crippen molar-refractivity contribution in [1.82, 2.24) is 24.5 Å². The number of benzene rings is 2. The topological polar surface area (TPSA) is 76.5 Å². The number of nitrogens with zero attached hydrogens (tertiary/aromatic N) is 4. The molecular weight excluding hydrogens is 350 g/mol. The molecular formula is C22H17N5O. The standard InChI is InChI=1S/C22H17N5O/c1-14(15-7-3-2-4-8-15)27-21-20(26-22(27)28)24-13-19(25-21)17-9-5-11-18-16(17)10-6-12-23-18/h2-14H,1H3,(H,24,26,28). The van der Waals surface area contributed by atoms with Gasteiger partial charge < -0.3 is 0 Å². The van der Waals surface area contributed by atoms with Gasteiger partial charge in [0.15, 0.2) is 11.3 Å². The van der Waals surface area contributed by atoms with Crippen molar-refractivity contribution in [3.63, 3.8) is 0 Å². The summed E-state index contributed by atoms with van der Waals surface area (Å²) in [4.78, 5) is 29.1. The van der Waals surface area contributed by atoms with Crippen LogP contribution in [0.25, 0.3) is 33.5 Å². The molecule has 0 aliphatic heterocycles. The zero-order valence-electron chi connectivity index (χ0n) is 15.2. The summed E-state index contributed by atoms with van der Waals surface area (Å²) < 4.78 is 1.66. The molecule has 0 radical (unpaired) electrons. The fourth-order valence-corrected chi connectivity index (χ4v) is 3.59. The first-order chi connectivity index (χ1) is 13.7. The molecule has 2 aromatic carbocycles. The number of pyridine rings is 1. The minimum atomic E-state index is -0.219. The molecule has 28 heavy (non-hydrogen) atoms. The third kappa shape index (κ3) is 2.58. The van der Waals surface area contributed by atoms with E-state index >= 15 is 0 Å². The van der Waals surface area contributed by atoms with Gasteiger partial charge in [0.05, 0.1) is 23.4 Å². The maximum atomic E-state index is 12.6. The molecule has 5 aromatic rings. The number of H-pyrrole nitrogens is 1. The molecule has 0 saturated carbocycles. The summed E-state index contributed by atoms with van der Waals surface area (Å²) >= 11 is 0. The van der Waals surface area contributed by atoms with Gasteiger partial charge in [0.2, 0.25) is 0 Å². The first-order valence-corrected chi connectivity index (χ1v) is 9.09. The lowest BCUT2D eigenvalue weighted by molar-refractivity contribution is 0.631. The van der Waals surface area contributed by atoms with E-state index in [9.17, 15) is 4.79 Å². The van der Waals surface area contributed by atoms with Crippen LogP contribution in [0.3, 0.4) is 0 Å². The van der Waals surface area contributed by atoms with E-state index in [4.69, 9.17) is 4.98 Å². The average Bonchev–Trinajstić information content (AvgIpc) is 3.08. The largest absolute Gasteiger partial charge is 0.329 e. The normalized spacial score (nSPS) is 12.5. The second-order valence-corrected chi connectivity index (χ2v) is 6.69. The van der Waals surface area contributed by atoms with Gasteiger partial charge in [-0.15, -0.1) is 0 Å². The van der Waals surface area contributed by atoms with Gasteiger partial charge in [0, 0.05) is 17.1 Å². The Morgan fingerprint density at radius 1 is 0.964 bits per heavy atom. The van der Waals surface area contributed by atoms with E-state index < -0.39 is 0 Å². The number of nitrogens with one attached hydrogen (secondary N) is 1. The van der Waals surface area contributed by atoms with E-state index in [0.717, 1.165) is 22.0 Å². The molecule has 0 aliphatic rings. The number of aromatic nitrogens is 5. The van der Waals surface area contributed by atoms with Crippen molar-refractivity contribution in [2.24, 2.45) is 0 Å². The molecule has 0 bridgehead atoms. The van der Waals surface area contributed by atoms with Crippen LogP contribution < -0.4 is 5.69 Å². The first-order valence-electron chi connectivity index (χ1n) is 9.09. The first kappa shape index (κ1) is 16.4. The summed E-state index contributed by atoms with van der Waals surface area (Å²) in [7, 11) is 0. The van der Waals surface area contributed by atoms with Crippen molar-refractivity contribution in [3.8, 4) is 11.3 Å². The molecule has 1 atom stereocenters. The molecule has 136 valence electrons. The van der Waals surface area contributed by atoms with Crippen molar-refractivity contribution < 1.29 is 0 Å². The van der Waals surface area contributed by atoms with E-state index in [0.29, 0.717) is 17.0 Å². The molecule has 0 spiro atoms. The van der Waals surface area contributed by atoms with Crippen LogP contribution in [0.1, 0.15) is 18.5 Å². The Morgan fingerprint density at radius 3 is 2.68 bits per heavy atom. The summed E-state index contributed by atoms with van der Waals surface area (Å²) in [5, 5.41) is 0.999. The monoisotopic (exact) mass is 367 g/mol. The fourth-order valence-electron chi connectivity index (χ4n) is 3.59. The maximum absolute atomic E-state index is 12.6. The lowest BCUT2D eigenvalue weighted by Crippen LogP contribution is -2.21. The minimum absolute atomic E-state index is 0.166. The highest BCUT2D eigenvalue weighted by atomic mass is 16.1. The predicted molar refractivity (Wildman–Crippen MR) is 109 cm³/mol. The number of rotatable bonds is 3.